The van der Waals surface area contributed by atoms with Crippen molar-refractivity contribution >= 4 is 12.4 Å². The molecule has 2 aromatic carbocycles. The van der Waals surface area contributed by atoms with Gasteiger partial charge in [0.1, 0.15) is 6.29 Å². The minimum atomic E-state index is 0.0340. The molecule has 1 heteroatoms. The monoisotopic (exact) mass is 260 g/mol. The maximum atomic E-state index is 11.6. The Bertz CT molecular complexity index is 711. The number of carbonyl (C=O) groups is 1. The summed E-state index contributed by atoms with van der Waals surface area (Å²) in [6.07, 6.45) is 5.43. The van der Waals surface area contributed by atoms with Gasteiger partial charge in [-0.25, -0.2) is 0 Å². The van der Waals surface area contributed by atoms with E-state index in [1.165, 1.54) is 27.8 Å². The first-order valence-electron chi connectivity index (χ1n) is 7.18. The molecule has 0 saturated carbocycles. The molecule has 2 aliphatic rings. The lowest BCUT2D eigenvalue weighted by Crippen LogP contribution is -2.12. The molecule has 98 valence electrons. The number of fused-ring (bicyclic) bond motifs is 2. The number of rotatable bonds is 2. The quantitative estimate of drug-likeness (QED) is 0.751. The predicted octanol–water partition coefficient (Wildman–Crippen LogP) is 3.78. The molecule has 0 bridgehead atoms. The van der Waals surface area contributed by atoms with E-state index in [1.54, 1.807) is 0 Å². The zero-order valence-electron chi connectivity index (χ0n) is 11.3. The minimum Gasteiger partial charge on any atom is -0.303 e. The molecule has 0 aliphatic heterocycles. The third-order valence-electron chi connectivity index (χ3n) is 4.70. The Hall–Kier alpha value is -2.15. The molecular formula is C19H16O. The molecule has 0 heterocycles. The third kappa shape index (κ3) is 1.66. The number of carbonyl (C=O) groups excluding carboxylic acids is 1. The highest BCUT2D eigenvalue weighted by molar-refractivity contribution is 5.71. The maximum Gasteiger partial charge on any atom is 0.128 e. The summed E-state index contributed by atoms with van der Waals surface area (Å²) in [6.45, 7) is 0. The zero-order valence-corrected chi connectivity index (χ0v) is 11.3. The SMILES string of the molecule is O=CC1c2ccccc2CC1C1=Cc2ccccc2C1. The lowest BCUT2D eigenvalue weighted by molar-refractivity contribution is -0.109. The van der Waals surface area contributed by atoms with E-state index in [4.69, 9.17) is 0 Å². The van der Waals surface area contributed by atoms with Gasteiger partial charge in [0.2, 0.25) is 0 Å². The fourth-order valence-corrected chi connectivity index (χ4v) is 3.70. The Kier molecular flexibility index (Phi) is 2.59. The molecule has 0 amide bonds. The van der Waals surface area contributed by atoms with Crippen molar-refractivity contribution in [2.45, 2.75) is 18.8 Å². The second-order valence-electron chi connectivity index (χ2n) is 5.77. The average molecular weight is 260 g/mol. The molecule has 0 aromatic heterocycles. The van der Waals surface area contributed by atoms with Crippen LogP contribution in [0.3, 0.4) is 0 Å². The van der Waals surface area contributed by atoms with E-state index < -0.39 is 0 Å². The Morgan fingerprint density at radius 2 is 1.70 bits per heavy atom. The number of hydrogen-bond acceptors (Lipinski definition) is 1. The van der Waals surface area contributed by atoms with E-state index in [0.717, 1.165) is 19.1 Å². The number of allylic oxidation sites excluding steroid dienone is 1. The van der Waals surface area contributed by atoms with Crippen molar-refractivity contribution in [2.24, 2.45) is 5.92 Å². The van der Waals surface area contributed by atoms with Crippen LogP contribution in [-0.2, 0) is 17.6 Å². The second kappa shape index (κ2) is 4.45. The Balaban J connectivity index is 1.71. The highest BCUT2D eigenvalue weighted by atomic mass is 16.1. The summed E-state index contributed by atoms with van der Waals surface area (Å²) in [6, 6.07) is 16.9. The lowest BCUT2D eigenvalue weighted by atomic mass is 9.86. The molecule has 2 atom stereocenters. The normalized spacial score (nSPS) is 23.1. The minimum absolute atomic E-state index is 0.0340. The summed E-state index contributed by atoms with van der Waals surface area (Å²) >= 11 is 0. The van der Waals surface area contributed by atoms with E-state index in [9.17, 15) is 4.79 Å². The van der Waals surface area contributed by atoms with Gasteiger partial charge in [-0.15, -0.1) is 0 Å². The molecule has 2 aliphatic carbocycles. The number of benzene rings is 2. The van der Waals surface area contributed by atoms with Crippen LogP contribution < -0.4 is 0 Å². The first-order valence-corrected chi connectivity index (χ1v) is 7.18. The van der Waals surface area contributed by atoms with Crippen LogP contribution in [0.15, 0.2) is 54.1 Å². The fourth-order valence-electron chi connectivity index (χ4n) is 3.70. The second-order valence-corrected chi connectivity index (χ2v) is 5.77. The van der Waals surface area contributed by atoms with Crippen molar-refractivity contribution in [3.63, 3.8) is 0 Å². The molecular weight excluding hydrogens is 244 g/mol. The number of aldehydes is 1. The summed E-state index contributed by atoms with van der Waals surface area (Å²) in [4.78, 5) is 11.6. The van der Waals surface area contributed by atoms with Crippen molar-refractivity contribution in [3.8, 4) is 0 Å². The topological polar surface area (TPSA) is 17.1 Å². The van der Waals surface area contributed by atoms with Gasteiger partial charge in [-0.05, 0) is 41.0 Å². The van der Waals surface area contributed by atoms with Gasteiger partial charge >= 0.3 is 0 Å². The average Bonchev–Trinajstić information content (AvgIpc) is 3.07. The highest BCUT2D eigenvalue weighted by Crippen LogP contribution is 2.44. The molecule has 2 unspecified atom stereocenters. The standard InChI is InChI=1S/C19H16O/c20-12-19-17-8-4-3-7-15(17)11-18(19)16-9-13-5-1-2-6-14(13)10-16/h1-9,12,18-19H,10-11H2. The number of hydrogen-bond donors (Lipinski definition) is 0. The molecule has 0 fully saturated rings. The van der Waals surface area contributed by atoms with E-state index in [1.807, 2.05) is 6.07 Å². The van der Waals surface area contributed by atoms with Crippen molar-refractivity contribution in [1.82, 2.24) is 0 Å². The summed E-state index contributed by atoms with van der Waals surface area (Å²) in [5.41, 5.74) is 6.70. The van der Waals surface area contributed by atoms with Crippen LogP contribution in [0.5, 0.6) is 0 Å². The molecule has 4 rings (SSSR count). The van der Waals surface area contributed by atoms with E-state index in [2.05, 4.69) is 48.5 Å². The van der Waals surface area contributed by atoms with Crippen LogP contribution in [-0.4, -0.2) is 6.29 Å². The third-order valence-corrected chi connectivity index (χ3v) is 4.70. The molecule has 0 spiro atoms. The van der Waals surface area contributed by atoms with Crippen molar-refractivity contribution in [3.05, 3.63) is 76.4 Å². The Morgan fingerprint density at radius 3 is 2.50 bits per heavy atom. The Morgan fingerprint density at radius 1 is 0.950 bits per heavy atom. The van der Waals surface area contributed by atoms with Crippen molar-refractivity contribution < 1.29 is 4.79 Å². The van der Waals surface area contributed by atoms with Gasteiger partial charge in [-0.3, -0.25) is 0 Å². The predicted molar refractivity (Wildman–Crippen MR) is 80.6 cm³/mol. The first kappa shape index (κ1) is 11.7. The molecule has 0 N–H and O–H groups in total. The van der Waals surface area contributed by atoms with Gasteiger partial charge in [-0.1, -0.05) is 60.2 Å². The molecule has 0 radical (unpaired) electrons. The van der Waals surface area contributed by atoms with Crippen molar-refractivity contribution in [2.75, 3.05) is 0 Å². The van der Waals surface area contributed by atoms with Gasteiger partial charge in [-0.2, -0.15) is 0 Å². The summed E-state index contributed by atoms with van der Waals surface area (Å²) in [7, 11) is 0. The molecule has 1 nitrogen and oxygen atoms in total. The lowest BCUT2D eigenvalue weighted by Gasteiger charge is -2.16. The summed E-state index contributed by atoms with van der Waals surface area (Å²) in [5, 5.41) is 0. The highest BCUT2D eigenvalue weighted by Gasteiger charge is 2.35. The summed E-state index contributed by atoms with van der Waals surface area (Å²) in [5.74, 6) is 0.379. The first-order chi connectivity index (χ1) is 9.86. The molecule has 2 aromatic rings. The van der Waals surface area contributed by atoms with Crippen LogP contribution in [0.25, 0.3) is 6.08 Å². The largest absolute Gasteiger partial charge is 0.303 e. The van der Waals surface area contributed by atoms with E-state index in [0.29, 0.717) is 5.92 Å². The van der Waals surface area contributed by atoms with Crippen LogP contribution >= 0.6 is 0 Å². The van der Waals surface area contributed by atoms with Gasteiger partial charge < -0.3 is 4.79 Å². The van der Waals surface area contributed by atoms with Crippen LogP contribution in [0.1, 0.15) is 28.2 Å². The van der Waals surface area contributed by atoms with Crippen LogP contribution in [0.4, 0.5) is 0 Å². The van der Waals surface area contributed by atoms with Crippen molar-refractivity contribution in [1.29, 1.82) is 0 Å². The van der Waals surface area contributed by atoms with Gasteiger partial charge in [0.25, 0.3) is 0 Å². The molecule has 0 saturated heterocycles. The van der Waals surface area contributed by atoms with E-state index in [-0.39, 0.29) is 5.92 Å². The summed E-state index contributed by atoms with van der Waals surface area (Å²) < 4.78 is 0. The van der Waals surface area contributed by atoms with Gasteiger partial charge in [0, 0.05) is 5.92 Å². The molecule has 20 heavy (non-hydrogen) atoms. The maximum absolute atomic E-state index is 11.6. The zero-order chi connectivity index (χ0) is 13.5. The Labute approximate surface area is 119 Å². The van der Waals surface area contributed by atoms with E-state index >= 15 is 0 Å². The van der Waals surface area contributed by atoms with Gasteiger partial charge in [0.15, 0.2) is 0 Å². The smallest absolute Gasteiger partial charge is 0.128 e. The van der Waals surface area contributed by atoms with Crippen LogP contribution in [0.2, 0.25) is 0 Å². The fraction of sp³-hybridized carbons (Fsp3) is 0.211. The van der Waals surface area contributed by atoms with Gasteiger partial charge in [0.05, 0.1) is 0 Å². The van der Waals surface area contributed by atoms with Crippen LogP contribution in [0, 0.1) is 5.92 Å².